The Balaban J connectivity index is 1.44. The van der Waals surface area contributed by atoms with E-state index in [1.54, 1.807) is 42.5 Å². The number of carbonyl (C=O) groups excluding carboxylic acids is 3. The monoisotopic (exact) mass is 595 g/mol. The number of para-hydroxylation sites is 1. The zero-order valence-electron chi connectivity index (χ0n) is 23.8. The molecule has 0 bridgehead atoms. The molecule has 13 nitrogen and oxygen atoms in total. The minimum Gasteiger partial charge on any atom is -0.450 e. The fourth-order valence-corrected chi connectivity index (χ4v) is 5.03. The van der Waals surface area contributed by atoms with E-state index >= 15 is 0 Å². The second kappa shape index (κ2) is 11.6. The van der Waals surface area contributed by atoms with Gasteiger partial charge in [-0.05, 0) is 79.9 Å². The quantitative estimate of drug-likeness (QED) is 0.113. The molecule has 1 aliphatic rings. The van der Waals surface area contributed by atoms with Gasteiger partial charge >= 0.3 is 11.7 Å². The number of aromatic nitrogens is 1. The fourth-order valence-electron chi connectivity index (χ4n) is 5.03. The van der Waals surface area contributed by atoms with Crippen molar-refractivity contribution in [3.05, 3.63) is 121 Å². The first-order chi connectivity index (χ1) is 21.0. The van der Waals surface area contributed by atoms with Crippen LogP contribution in [0, 0.1) is 34.1 Å². The van der Waals surface area contributed by atoms with Gasteiger partial charge in [0, 0.05) is 23.1 Å². The first kappa shape index (κ1) is 29.4. The Morgan fingerprint density at radius 1 is 0.909 bits per heavy atom. The molecule has 0 radical (unpaired) electrons. The van der Waals surface area contributed by atoms with Crippen LogP contribution in [0.2, 0.25) is 0 Å². The zero-order chi connectivity index (χ0) is 31.7. The number of anilines is 1. The van der Waals surface area contributed by atoms with E-state index in [2.05, 4.69) is 5.32 Å². The number of hydrogen-bond donors (Lipinski definition) is 1. The summed E-state index contributed by atoms with van der Waals surface area (Å²) >= 11 is 0. The Hall–Kier alpha value is -6.11. The highest BCUT2D eigenvalue weighted by molar-refractivity contribution is 6.39. The van der Waals surface area contributed by atoms with Crippen molar-refractivity contribution in [3.63, 3.8) is 0 Å². The molecule has 44 heavy (non-hydrogen) atoms. The molecule has 222 valence electrons. The number of nitrogens with one attached hydrogen (secondary N) is 1. The van der Waals surface area contributed by atoms with Gasteiger partial charge in [0.1, 0.15) is 11.3 Å². The third-order valence-corrected chi connectivity index (χ3v) is 7.16. The molecule has 1 fully saturated rings. The number of rotatable bonds is 8. The van der Waals surface area contributed by atoms with Crippen molar-refractivity contribution in [3.8, 4) is 17.2 Å². The molecule has 0 unspecified atom stereocenters. The molecule has 3 aromatic carbocycles. The topological polar surface area (TPSA) is 167 Å². The first-order valence-electron chi connectivity index (χ1n) is 13.4. The summed E-state index contributed by atoms with van der Waals surface area (Å²) in [4.78, 5) is 60.9. The molecule has 5 rings (SSSR count). The van der Waals surface area contributed by atoms with Crippen molar-refractivity contribution >= 4 is 41.0 Å². The van der Waals surface area contributed by atoms with Crippen LogP contribution in [0.3, 0.4) is 0 Å². The number of imide groups is 2. The number of aryl methyl sites for hydroxylation is 2. The molecule has 4 amide bonds. The number of carbonyl (C=O) groups is 3. The molecule has 1 aliphatic heterocycles. The highest BCUT2D eigenvalue weighted by Crippen LogP contribution is 2.35. The summed E-state index contributed by atoms with van der Waals surface area (Å²) in [7, 11) is 0. The minimum atomic E-state index is -0.815. The third kappa shape index (κ3) is 5.41. The number of nitrogens with zero attached hydrogens (tertiary/aromatic N) is 4. The summed E-state index contributed by atoms with van der Waals surface area (Å²) < 4.78 is 7.54. The van der Waals surface area contributed by atoms with Crippen molar-refractivity contribution in [2.45, 2.75) is 27.2 Å². The van der Waals surface area contributed by atoms with Gasteiger partial charge in [-0.2, -0.15) is 0 Å². The molecule has 1 aromatic heterocycles. The van der Waals surface area contributed by atoms with Gasteiger partial charge in [0.25, 0.3) is 17.5 Å². The summed E-state index contributed by atoms with van der Waals surface area (Å²) in [5, 5.41) is 24.7. The Morgan fingerprint density at radius 3 is 2.27 bits per heavy atom. The normalized spacial score (nSPS) is 14.1. The summed E-state index contributed by atoms with van der Waals surface area (Å²) in [6.45, 7) is 5.56. The number of benzene rings is 3. The van der Waals surface area contributed by atoms with E-state index in [0.717, 1.165) is 28.3 Å². The summed E-state index contributed by atoms with van der Waals surface area (Å²) in [5.74, 6) is -1.42. The van der Waals surface area contributed by atoms with Crippen LogP contribution in [0.4, 0.5) is 21.9 Å². The molecule has 2 heterocycles. The lowest BCUT2D eigenvalue weighted by Crippen LogP contribution is -2.54. The standard InChI is InChI=1S/C31H25N5O8/c1-4-20-7-5-6-8-26(20)34-30(38)25(29(37)32-31(34)39)16-21-15-18(2)33(19(21)3)22-9-12-24(13-10-22)44-28-14-11-23(35(40)41)17-27(28)36(42)43/h5-17H,4H2,1-3H3,(H,32,37,39)/b25-16+. The van der Waals surface area contributed by atoms with E-state index in [1.807, 2.05) is 37.5 Å². The smallest absolute Gasteiger partial charge is 0.335 e. The lowest BCUT2D eigenvalue weighted by atomic mass is 10.0. The molecule has 1 saturated heterocycles. The summed E-state index contributed by atoms with van der Waals surface area (Å²) in [5.41, 5.74) is 2.78. The number of non-ortho nitro benzene ring substituents is 1. The van der Waals surface area contributed by atoms with Gasteiger partial charge in [-0.15, -0.1) is 0 Å². The maximum absolute atomic E-state index is 13.5. The Kier molecular flexibility index (Phi) is 7.77. The Labute approximate surface area is 250 Å². The number of ether oxygens (including phenoxy) is 1. The van der Waals surface area contributed by atoms with Crippen LogP contribution in [0.15, 0.2) is 78.4 Å². The third-order valence-electron chi connectivity index (χ3n) is 7.16. The molecule has 0 aliphatic carbocycles. The molecule has 0 atom stereocenters. The van der Waals surface area contributed by atoms with Crippen molar-refractivity contribution in [2.75, 3.05) is 4.90 Å². The van der Waals surface area contributed by atoms with Crippen LogP contribution < -0.4 is 15.0 Å². The minimum absolute atomic E-state index is 0.153. The number of barbiturate groups is 1. The maximum atomic E-state index is 13.5. The second-order valence-electron chi connectivity index (χ2n) is 9.86. The first-order valence-corrected chi connectivity index (χ1v) is 13.4. The van der Waals surface area contributed by atoms with E-state index in [9.17, 15) is 34.6 Å². The molecular weight excluding hydrogens is 570 g/mol. The van der Waals surface area contributed by atoms with E-state index in [4.69, 9.17) is 4.74 Å². The van der Waals surface area contributed by atoms with Crippen molar-refractivity contribution in [2.24, 2.45) is 0 Å². The van der Waals surface area contributed by atoms with Crippen molar-refractivity contribution in [1.82, 2.24) is 9.88 Å². The fraction of sp³-hybridized carbons (Fsp3) is 0.129. The van der Waals surface area contributed by atoms with E-state index in [1.165, 1.54) is 12.1 Å². The van der Waals surface area contributed by atoms with Gasteiger partial charge < -0.3 is 9.30 Å². The van der Waals surface area contributed by atoms with Crippen LogP contribution >= 0.6 is 0 Å². The highest BCUT2D eigenvalue weighted by Gasteiger charge is 2.37. The highest BCUT2D eigenvalue weighted by atomic mass is 16.6. The predicted octanol–water partition coefficient (Wildman–Crippen LogP) is 5.93. The number of nitro groups is 2. The average Bonchev–Trinajstić information content (AvgIpc) is 3.27. The van der Waals surface area contributed by atoms with Gasteiger partial charge in [-0.25, -0.2) is 9.69 Å². The van der Waals surface area contributed by atoms with Crippen LogP contribution in [-0.2, 0) is 16.0 Å². The molecule has 13 heteroatoms. The number of nitro benzene ring substituents is 2. The Morgan fingerprint density at radius 2 is 1.61 bits per heavy atom. The largest absolute Gasteiger partial charge is 0.450 e. The van der Waals surface area contributed by atoms with Crippen LogP contribution in [0.25, 0.3) is 11.8 Å². The van der Waals surface area contributed by atoms with Gasteiger partial charge in [-0.1, -0.05) is 25.1 Å². The second-order valence-corrected chi connectivity index (χ2v) is 9.86. The van der Waals surface area contributed by atoms with Crippen LogP contribution in [-0.4, -0.2) is 32.3 Å². The maximum Gasteiger partial charge on any atom is 0.335 e. The number of urea groups is 1. The summed E-state index contributed by atoms with van der Waals surface area (Å²) in [6, 6.07) is 17.7. The predicted molar refractivity (Wildman–Crippen MR) is 160 cm³/mol. The average molecular weight is 596 g/mol. The Bertz CT molecular complexity index is 1890. The van der Waals surface area contributed by atoms with Crippen LogP contribution in [0.5, 0.6) is 11.5 Å². The molecule has 4 aromatic rings. The lowest BCUT2D eigenvalue weighted by Gasteiger charge is -2.28. The molecular formula is C31H25N5O8. The molecule has 0 saturated carbocycles. The SMILES string of the molecule is CCc1ccccc1N1C(=O)NC(=O)/C(=C\c2cc(C)n(-c3ccc(Oc4ccc([N+](=O)[O-])cc4[N+](=O)[O-])cc3)c2C)C1=O. The van der Waals surface area contributed by atoms with Gasteiger partial charge in [0.15, 0.2) is 0 Å². The van der Waals surface area contributed by atoms with Gasteiger partial charge in [-0.3, -0.25) is 35.1 Å². The molecule has 0 spiro atoms. The van der Waals surface area contributed by atoms with Gasteiger partial charge in [0.05, 0.1) is 21.6 Å². The van der Waals surface area contributed by atoms with Crippen LogP contribution in [0.1, 0.15) is 29.4 Å². The number of amides is 4. The number of hydrogen-bond acceptors (Lipinski definition) is 8. The van der Waals surface area contributed by atoms with Crippen molar-refractivity contribution < 1.29 is 29.0 Å². The molecule has 1 N–H and O–H groups in total. The van der Waals surface area contributed by atoms with Gasteiger partial charge in [0.2, 0.25) is 5.75 Å². The van der Waals surface area contributed by atoms with E-state index < -0.39 is 39.1 Å². The zero-order valence-corrected chi connectivity index (χ0v) is 23.8. The van der Waals surface area contributed by atoms with E-state index in [-0.39, 0.29) is 17.1 Å². The van der Waals surface area contributed by atoms with Crippen molar-refractivity contribution in [1.29, 1.82) is 0 Å². The van der Waals surface area contributed by atoms with E-state index in [0.29, 0.717) is 29.1 Å². The lowest BCUT2D eigenvalue weighted by molar-refractivity contribution is -0.394. The summed E-state index contributed by atoms with van der Waals surface area (Å²) in [6.07, 6.45) is 2.03.